The Bertz CT molecular complexity index is 1460. The fourth-order valence-corrected chi connectivity index (χ4v) is 5.46. The van der Waals surface area contributed by atoms with E-state index in [-0.39, 0.29) is 52.0 Å². The molecule has 0 bridgehead atoms. The molecule has 0 aromatic carbocycles. The number of rotatable bonds is 6. The van der Waals surface area contributed by atoms with E-state index in [1.54, 1.807) is 32.3 Å². The van der Waals surface area contributed by atoms with Gasteiger partial charge in [-0.05, 0) is 50.3 Å². The molecule has 0 spiro atoms. The molecule has 2 fully saturated rings. The van der Waals surface area contributed by atoms with E-state index in [4.69, 9.17) is 21.8 Å². The lowest BCUT2D eigenvalue weighted by Gasteiger charge is -2.34. The van der Waals surface area contributed by atoms with Crippen LogP contribution in [0.3, 0.4) is 0 Å². The van der Waals surface area contributed by atoms with E-state index in [2.05, 4.69) is 15.3 Å². The molecule has 0 unspecified atom stereocenters. The minimum Gasteiger partial charge on any atom is -0.447 e. The number of amides is 4. The number of furan rings is 1. The van der Waals surface area contributed by atoms with Crippen LogP contribution in [0.1, 0.15) is 59.6 Å². The Morgan fingerprint density at radius 2 is 1.92 bits per heavy atom. The largest absolute Gasteiger partial charge is 0.447 e. The fraction of sp³-hybridized carbons (Fsp3) is 0.407. The molecule has 1 aliphatic carbocycles. The monoisotopic (exact) mass is 552 g/mol. The minimum atomic E-state index is -0.883. The summed E-state index contributed by atoms with van der Waals surface area (Å²) in [5, 5.41) is 3.23. The second-order valence-corrected chi connectivity index (χ2v) is 10.6. The lowest BCUT2D eigenvalue weighted by Crippen LogP contribution is -2.40. The number of hydrogen-bond donors (Lipinski definition) is 2. The zero-order valence-corrected chi connectivity index (χ0v) is 22.5. The second kappa shape index (κ2) is 10.6. The van der Waals surface area contributed by atoms with Crippen molar-refractivity contribution in [3.63, 3.8) is 0 Å². The van der Waals surface area contributed by atoms with Crippen LogP contribution >= 0.6 is 11.6 Å². The predicted molar refractivity (Wildman–Crippen MR) is 144 cm³/mol. The van der Waals surface area contributed by atoms with Crippen molar-refractivity contribution in [2.75, 3.05) is 26.0 Å². The van der Waals surface area contributed by atoms with Gasteiger partial charge in [0, 0.05) is 50.8 Å². The van der Waals surface area contributed by atoms with Crippen molar-refractivity contribution < 1.29 is 23.6 Å². The lowest BCUT2D eigenvalue weighted by molar-refractivity contribution is -0.130. The van der Waals surface area contributed by atoms with Gasteiger partial charge in [-0.25, -0.2) is 4.98 Å². The summed E-state index contributed by atoms with van der Waals surface area (Å²) >= 11 is 5.98. The van der Waals surface area contributed by atoms with E-state index in [1.807, 2.05) is 4.90 Å². The number of pyridine rings is 2. The number of carbonyl (C=O) groups is 4. The van der Waals surface area contributed by atoms with E-state index < -0.39 is 11.8 Å². The molecule has 5 rings (SSSR count). The predicted octanol–water partition coefficient (Wildman–Crippen LogP) is 3.46. The molecule has 1 aliphatic heterocycles. The van der Waals surface area contributed by atoms with Crippen molar-refractivity contribution in [1.29, 1.82) is 0 Å². The van der Waals surface area contributed by atoms with Crippen LogP contribution in [0, 0.1) is 5.92 Å². The van der Waals surface area contributed by atoms with Crippen LogP contribution in [0.5, 0.6) is 0 Å². The van der Waals surface area contributed by atoms with Crippen LogP contribution in [0.2, 0.25) is 5.02 Å². The van der Waals surface area contributed by atoms with Crippen molar-refractivity contribution in [1.82, 2.24) is 19.8 Å². The van der Waals surface area contributed by atoms with Gasteiger partial charge in [-0.2, -0.15) is 0 Å². The van der Waals surface area contributed by atoms with E-state index in [1.165, 1.54) is 11.1 Å². The number of nitrogens with one attached hydrogen (secondary N) is 1. The SMILES string of the molecule is CN(C)C(=O)c1nc2c(NC(=O)C3CCC(N4CCCC4=O)CC3)c(C(N)=O)oc2cc1-c1ccc(Cl)cn1. The smallest absolute Gasteiger partial charge is 0.286 e. The highest BCUT2D eigenvalue weighted by Gasteiger charge is 2.34. The van der Waals surface area contributed by atoms with Crippen LogP contribution in [0.15, 0.2) is 28.8 Å². The third-order valence-corrected chi connectivity index (χ3v) is 7.59. The number of likely N-dealkylation sites (tertiary alicyclic amines) is 1. The van der Waals surface area contributed by atoms with Crippen molar-refractivity contribution in [3.8, 4) is 11.3 Å². The zero-order valence-electron chi connectivity index (χ0n) is 21.7. The molecule has 3 aromatic rings. The molecule has 0 atom stereocenters. The highest BCUT2D eigenvalue weighted by Crippen LogP contribution is 2.36. The summed E-state index contributed by atoms with van der Waals surface area (Å²) in [5.41, 5.74) is 6.78. The van der Waals surface area contributed by atoms with Crippen LogP contribution in [0.25, 0.3) is 22.4 Å². The van der Waals surface area contributed by atoms with Crippen molar-refractivity contribution in [2.24, 2.45) is 11.7 Å². The first-order valence-corrected chi connectivity index (χ1v) is 13.2. The lowest BCUT2D eigenvalue weighted by atomic mass is 9.84. The highest BCUT2D eigenvalue weighted by molar-refractivity contribution is 6.30. The molecule has 0 radical (unpaired) electrons. The van der Waals surface area contributed by atoms with Crippen LogP contribution < -0.4 is 11.1 Å². The summed E-state index contributed by atoms with van der Waals surface area (Å²) in [5.74, 6) is -1.97. The van der Waals surface area contributed by atoms with E-state index in [0.717, 1.165) is 25.8 Å². The summed E-state index contributed by atoms with van der Waals surface area (Å²) in [6, 6.07) is 4.98. The number of halogens is 1. The van der Waals surface area contributed by atoms with Gasteiger partial charge in [0.25, 0.3) is 11.8 Å². The summed E-state index contributed by atoms with van der Waals surface area (Å²) in [6.07, 6.45) is 5.58. The first kappa shape index (κ1) is 26.6. The number of hydrogen-bond acceptors (Lipinski definition) is 7. The van der Waals surface area contributed by atoms with E-state index >= 15 is 0 Å². The van der Waals surface area contributed by atoms with Gasteiger partial charge in [0.1, 0.15) is 16.9 Å². The van der Waals surface area contributed by atoms with Gasteiger partial charge >= 0.3 is 0 Å². The Kier molecular flexibility index (Phi) is 7.26. The molecule has 39 heavy (non-hydrogen) atoms. The third kappa shape index (κ3) is 5.18. The molecule has 3 N–H and O–H groups in total. The standard InChI is InChI=1S/C27H29ClN6O5/c1-33(2)27(38)21-17(18-10-7-15(28)13-30-18)12-19-22(31-21)23(24(39-19)25(29)36)32-26(37)14-5-8-16(9-6-14)34-11-3-4-20(34)35/h7,10,12-14,16H,3-6,8-9,11H2,1-2H3,(H2,29,36)(H,32,37). The van der Waals surface area contributed by atoms with Gasteiger partial charge in [-0.1, -0.05) is 11.6 Å². The Morgan fingerprint density at radius 3 is 2.51 bits per heavy atom. The highest BCUT2D eigenvalue weighted by atomic mass is 35.5. The average Bonchev–Trinajstić information content (AvgIpc) is 3.51. The molecule has 11 nitrogen and oxygen atoms in total. The van der Waals surface area contributed by atoms with Crippen molar-refractivity contribution >= 4 is 52.0 Å². The summed E-state index contributed by atoms with van der Waals surface area (Å²) in [4.78, 5) is 63.0. The van der Waals surface area contributed by atoms with Crippen LogP contribution in [0.4, 0.5) is 5.69 Å². The van der Waals surface area contributed by atoms with Crippen LogP contribution in [-0.2, 0) is 9.59 Å². The molecule has 4 heterocycles. The minimum absolute atomic E-state index is 0.0303. The maximum Gasteiger partial charge on any atom is 0.286 e. The number of primary amides is 1. The Labute approximate surface area is 229 Å². The molecule has 3 aromatic heterocycles. The van der Waals surface area contributed by atoms with Gasteiger partial charge in [-0.15, -0.1) is 0 Å². The van der Waals surface area contributed by atoms with Crippen LogP contribution in [-0.4, -0.2) is 70.1 Å². The molecule has 204 valence electrons. The van der Waals surface area contributed by atoms with Crippen molar-refractivity contribution in [2.45, 2.75) is 44.6 Å². The van der Waals surface area contributed by atoms with Gasteiger partial charge in [0.2, 0.25) is 17.6 Å². The third-order valence-electron chi connectivity index (χ3n) is 7.37. The van der Waals surface area contributed by atoms with Gasteiger partial charge in [0.05, 0.1) is 10.7 Å². The molecule has 1 saturated carbocycles. The number of carbonyl (C=O) groups excluding carboxylic acids is 4. The first-order chi connectivity index (χ1) is 18.6. The van der Waals surface area contributed by atoms with Gasteiger partial charge in [0.15, 0.2) is 5.58 Å². The Hall–Kier alpha value is -3.99. The van der Waals surface area contributed by atoms with E-state index in [0.29, 0.717) is 35.5 Å². The number of nitrogens with two attached hydrogens (primary N) is 1. The number of aromatic nitrogens is 2. The number of nitrogens with zero attached hydrogens (tertiary/aromatic N) is 4. The second-order valence-electron chi connectivity index (χ2n) is 10.1. The summed E-state index contributed by atoms with van der Waals surface area (Å²) in [7, 11) is 3.18. The number of fused-ring (bicyclic) bond motifs is 1. The van der Waals surface area contributed by atoms with E-state index in [9.17, 15) is 19.2 Å². The first-order valence-electron chi connectivity index (χ1n) is 12.8. The molecular weight excluding hydrogens is 524 g/mol. The topological polar surface area (TPSA) is 152 Å². The fourth-order valence-electron chi connectivity index (χ4n) is 5.35. The van der Waals surface area contributed by atoms with Gasteiger partial charge < -0.3 is 25.3 Å². The molecule has 4 amide bonds. The zero-order chi connectivity index (χ0) is 27.8. The Morgan fingerprint density at radius 1 is 1.18 bits per heavy atom. The quantitative estimate of drug-likeness (QED) is 0.475. The van der Waals surface area contributed by atoms with Gasteiger partial charge in [-0.3, -0.25) is 24.2 Å². The summed E-state index contributed by atoms with van der Waals surface area (Å²) < 4.78 is 5.75. The number of anilines is 1. The summed E-state index contributed by atoms with van der Waals surface area (Å²) in [6.45, 7) is 0.774. The molecular formula is C27H29ClN6O5. The Balaban J connectivity index is 1.47. The maximum absolute atomic E-state index is 13.3. The average molecular weight is 553 g/mol. The molecule has 2 aliphatic rings. The normalized spacial score (nSPS) is 19.4. The molecule has 12 heteroatoms. The maximum atomic E-state index is 13.3. The van der Waals surface area contributed by atoms with Crippen molar-refractivity contribution in [3.05, 3.63) is 40.9 Å². The molecule has 1 saturated heterocycles.